The van der Waals surface area contributed by atoms with E-state index in [4.69, 9.17) is 4.74 Å². The summed E-state index contributed by atoms with van der Waals surface area (Å²) >= 11 is 0. The Hall–Kier alpha value is -2.13. The number of H-pyrrole nitrogens is 1. The van der Waals surface area contributed by atoms with Crippen LogP contribution < -0.4 is 10.1 Å². The number of hydrogen-bond donors (Lipinski definition) is 2. The third kappa shape index (κ3) is 4.53. The van der Waals surface area contributed by atoms with Crippen molar-refractivity contribution in [3.63, 3.8) is 0 Å². The summed E-state index contributed by atoms with van der Waals surface area (Å²) in [4.78, 5) is 21.6. The van der Waals surface area contributed by atoms with Crippen LogP contribution in [0.4, 0.5) is 0 Å². The molecule has 0 unspecified atom stereocenters. The number of fused-ring (bicyclic) bond motifs is 1. The number of nitrogens with one attached hydrogen (secondary N) is 2. The van der Waals surface area contributed by atoms with E-state index in [9.17, 15) is 13.2 Å². The van der Waals surface area contributed by atoms with Crippen molar-refractivity contribution >= 4 is 26.8 Å². The molecule has 2 N–H and O–H groups in total. The summed E-state index contributed by atoms with van der Waals surface area (Å²) in [7, 11) is 0.568. The molecule has 2 heterocycles. The molecule has 0 radical (unpaired) electrons. The summed E-state index contributed by atoms with van der Waals surface area (Å²) in [5.74, 6) is 1.76. The summed E-state index contributed by atoms with van der Waals surface area (Å²) in [6.07, 6.45) is 0.962. The van der Waals surface area contributed by atoms with Gasteiger partial charge >= 0.3 is 0 Å². The predicted molar refractivity (Wildman–Crippen MR) is 98.8 cm³/mol. The lowest BCUT2D eigenvalue weighted by atomic mass is 10.2. The maximum absolute atomic E-state index is 12.1. The number of carbonyl (C=O) groups excluding carboxylic acids is 1. The highest BCUT2D eigenvalue weighted by atomic mass is 32.2. The Balaban J connectivity index is 1.47. The van der Waals surface area contributed by atoms with Gasteiger partial charge in [0.25, 0.3) is 0 Å². The van der Waals surface area contributed by atoms with Gasteiger partial charge in [0, 0.05) is 25.1 Å². The zero-order valence-corrected chi connectivity index (χ0v) is 15.8. The van der Waals surface area contributed by atoms with Gasteiger partial charge in [-0.1, -0.05) is 0 Å². The fourth-order valence-electron chi connectivity index (χ4n) is 3.11. The topological polar surface area (TPSA) is 104 Å². The zero-order valence-electron chi connectivity index (χ0n) is 15.0. The summed E-state index contributed by atoms with van der Waals surface area (Å²) in [6.45, 7) is 0.848. The van der Waals surface area contributed by atoms with Crippen LogP contribution in [-0.4, -0.2) is 67.4 Å². The molecular weight excluding hydrogens is 356 g/mol. The maximum atomic E-state index is 12.1. The van der Waals surface area contributed by atoms with E-state index in [2.05, 4.69) is 15.3 Å². The summed E-state index contributed by atoms with van der Waals surface area (Å²) in [5, 5.41) is 2.84. The molecule has 1 aromatic heterocycles. The highest BCUT2D eigenvalue weighted by Crippen LogP contribution is 2.19. The molecule has 1 aromatic carbocycles. The number of nitrogens with zero attached hydrogens (tertiary/aromatic N) is 2. The number of methoxy groups -OCH3 is 1. The number of carbonyl (C=O) groups is 1. The molecule has 1 aliphatic rings. The van der Waals surface area contributed by atoms with Gasteiger partial charge in [0.15, 0.2) is 9.84 Å². The van der Waals surface area contributed by atoms with Crippen molar-refractivity contribution in [1.29, 1.82) is 0 Å². The summed E-state index contributed by atoms with van der Waals surface area (Å²) in [5.41, 5.74) is 1.67. The second-order valence-corrected chi connectivity index (χ2v) is 8.86. The molecule has 1 aliphatic heterocycles. The molecule has 0 spiro atoms. The number of aromatic amines is 1. The number of ether oxygens (including phenoxy) is 1. The number of benzene rings is 1. The number of aromatic nitrogens is 2. The van der Waals surface area contributed by atoms with Crippen molar-refractivity contribution < 1.29 is 17.9 Å². The first-order valence-electron chi connectivity index (χ1n) is 8.56. The van der Waals surface area contributed by atoms with E-state index in [-0.39, 0.29) is 23.5 Å². The van der Waals surface area contributed by atoms with Crippen molar-refractivity contribution in [3.8, 4) is 5.75 Å². The van der Waals surface area contributed by atoms with Gasteiger partial charge in [0.1, 0.15) is 11.6 Å². The Morgan fingerprint density at radius 1 is 1.46 bits per heavy atom. The van der Waals surface area contributed by atoms with E-state index in [1.54, 1.807) is 7.11 Å². The van der Waals surface area contributed by atoms with Crippen LogP contribution in [0.15, 0.2) is 18.2 Å². The monoisotopic (exact) mass is 380 g/mol. The van der Waals surface area contributed by atoms with Crippen molar-refractivity contribution in [2.75, 3.05) is 32.2 Å². The minimum atomic E-state index is -2.91. The SMILES string of the molecule is COc1ccc2nc(CNC(=O)CCN(C)[C@@H]3CCS(=O)(=O)C3)[nH]c2c1. The van der Waals surface area contributed by atoms with Crippen molar-refractivity contribution in [1.82, 2.24) is 20.2 Å². The molecule has 0 aliphatic carbocycles. The van der Waals surface area contributed by atoms with E-state index in [0.29, 0.717) is 31.8 Å². The first kappa shape index (κ1) is 18.7. The van der Waals surface area contributed by atoms with E-state index < -0.39 is 9.84 Å². The molecule has 0 saturated carbocycles. The van der Waals surface area contributed by atoms with Crippen LogP contribution >= 0.6 is 0 Å². The van der Waals surface area contributed by atoms with Gasteiger partial charge in [-0.3, -0.25) is 4.79 Å². The molecule has 2 aromatic rings. The summed E-state index contributed by atoms with van der Waals surface area (Å²) < 4.78 is 28.2. The molecule has 9 heteroatoms. The van der Waals surface area contributed by atoms with Crippen LogP contribution in [-0.2, 0) is 21.2 Å². The Labute approximate surface area is 152 Å². The quantitative estimate of drug-likeness (QED) is 0.733. The van der Waals surface area contributed by atoms with Crippen molar-refractivity contribution in [2.24, 2.45) is 0 Å². The first-order valence-corrected chi connectivity index (χ1v) is 10.4. The van der Waals surface area contributed by atoms with Gasteiger partial charge in [0.05, 0.1) is 36.2 Å². The average Bonchev–Trinajstić information content (AvgIpc) is 3.19. The van der Waals surface area contributed by atoms with Gasteiger partial charge in [-0.15, -0.1) is 0 Å². The molecule has 26 heavy (non-hydrogen) atoms. The highest BCUT2D eigenvalue weighted by molar-refractivity contribution is 7.91. The standard InChI is InChI=1S/C17H24N4O4S/c1-21(12-6-8-26(23,24)11-12)7-5-17(22)18-10-16-19-14-4-3-13(25-2)9-15(14)20-16/h3-4,9,12H,5-8,10-11H2,1-2H3,(H,18,22)(H,19,20)/t12-/m1/s1. The van der Waals surface area contributed by atoms with Gasteiger partial charge < -0.3 is 19.9 Å². The fraction of sp³-hybridized carbons (Fsp3) is 0.529. The molecule has 1 atom stereocenters. The molecule has 1 amide bonds. The molecule has 142 valence electrons. The molecule has 1 fully saturated rings. The lowest BCUT2D eigenvalue weighted by Gasteiger charge is -2.22. The predicted octanol–water partition coefficient (Wildman–Crippen LogP) is 0.697. The third-order valence-electron chi connectivity index (χ3n) is 4.71. The molecule has 0 bridgehead atoms. The third-order valence-corrected chi connectivity index (χ3v) is 6.46. The van der Waals surface area contributed by atoms with E-state index in [0.717, 1.165) is 16.8 Å². The van der Waals surface area contributed by atoms with Crippen molar-refractivity contribution in [2.45, 2.75) is 25.4 Å². The minimum Gasteiger partial charge on any atom is -0.497 e. The first-order chi connectivity index (χ1) is 12.4. The van der Waals surface area contributed by atoms with Gasteiger partial charge in [-0.25, -0.2) is 13.4 Å². The van der Waals surface area contributed by atoms with E-state index in [1.165, 1.54) is 0 Å². The molecular formula is C17H24N4O4S. The second kappa shape index (κ2) is 7.63. The Morgan fingerprint density at radius 3 is 2.96 bits per heavy atom. The number of amides is 1. The van der Waals surface area contributed by atoms with Gasteiger partial charge in [0.2, 0.25) is 5.91 Å². The van der Waals surface area contributed by atoms with Crippen LogP contribution in [0.3, 0.4) is 0 Å². The molecule has 3 rings (SSSR count). The largest absolute Gasteiger partial charge is 0.497 e. The highest BCUT2D eigenvalue weighted by Gasteiger charge is 2.30. The maximum Gasteiger partial charge on any atom is 0.221 e. The van der Waals surface area contributed by atoms with E-state index in [1.807, 2.05) is 30.1 Å². The van der Waals surface area contributed by atoms with Gasteiger partial charge in [-0.05, 0) is 25.6 Å². The Kier molecular flexibility index (Phi) is 5.47. The Bertz CT molecular complexity index is 893. The van der Waals surface area contributed by atoms with Crippen molar-refractivity contribution in [3.05, 3.63) is 24.0 Å². The number of imidazole rings is 1. The second-order valence-electron chi connectivity index (χ2n) is 6.63. The van der Waals surface area contributed by atoms with Crippen LogP contribution in [0.5, 0.6) is 5.75 Å². The van der Waals surface area contributed by atoms with Gasteiger partial charge in [-0.2, -0.15) is 0 Å². The summed E-state index contributed by atoms with van der Waals surface area (Å²) in [6, 6.07) is 5.57. The van der Waals surface area contributed by atoms with Crippen LogP contribution in [0, 0.1) is 0 Å². The van der Waals surface area contributed by atoms with E-state index >= 15 is 0 Å². The zero-order chi connectivity index (χ0) is 18.7. The normalized spacial score (nSPS) is 19.1. The number of rotatable bonds is 7. The fourth-order valence-corrected chi connectivity index (χ4v) is 4.91. The molecule has 8 nitrogen and oxygen atoms in total. The lowest BCUT2D eigenvalue weighted by Crippen LogP contribution is -2.36. The smallest absolute Gasteiger partial charge is 0.221 e. The number of hydrogen-bond acceptors (Lipinski definition) is 6. The average molecular weight is 380 g/mol. The number of sulfone groups is 1. The molecule has 1 saturated heterocycles. The van der Waals surface area contributed by atoms with Crippen LogP contribution in [0.1, 0.15) is 18.7 Å². The van der Waals surface area contributed by atoms with Crippen LogP contribution in [0.2, 0.25) is 0 Å². The van der Waals surface area contributed by atoms with Crippen LogP contribution in [0.25, 0.3) is 11.0 Å². The Morgan fingerprint density at radius 2 is 2.27 bits per heavy atom. The minimum absolute atomic E-state index is 0.0122. The lowest BCUT2D eigenvalue weighted by molar-refractivity contribution is -0.121.